The number of aliphatic carboxylic acids is 1. The Labute approximate surface area is 191 Å². The van der Waals surface area contributed by atoms with Crippen molar-refractivity contribution < 1.29 is 15.0 Å². The van der Waals surface area contributed by atoms with Gasteiger partial charge in [0.15, 0.2) is 0 Å². The lowest BCUT2D eigenvalue weighted by Crippen LogP contribution is -2.00. The molecule has 0 amide bonds. The number of unbranched alkanes of at least 4 members (excludes halogenated alkanes) is 14. The molecule has 0 aliphatic carbocycles. The van der Waals surface area contributed by atoms with E-state index in [-0.39, 0.29) is 0 Å². The topological polar surface area (TPSA) is 57.5 Å². The lowest BCUT2D eigenvalue weighted by Gasteiger charge is -2.17. The number of carboxylic acid groups (broad SMARTS) is 1. The standard InChI is InChI=1S/C28H48O3/c1-2-3-4-15-18-25(26-21-23-27(29)24-22-26)19-16-13-11-9-7-5-6-8-10-12-14-17-20-28(30)31/h21-25,29H,2-20H2,1H3,(H,30,31). The van der Waals surface area contributed by atoms with E-state index in [0.717, 1.165) is 12.8 Å². The van der Waals surface area contributed by atoms with E-state index in [2.05, 4.69) is 19.1 Å². The second-order valence-corrected chi connectivity index (χ2v) is 9.31. The average Bonchev–Trinajstić information content (AvgIpc) is 2.76. The lowest BCUT2D eigenvalue weighted by atomic mass is 9.88. The van der Waals surface area contributed by atoms with E-state index in [1.807, 2.05) is 12.1 Å². The first kappa shape index (κ1) is 27.5. The van der Waals surface area contributed by atoms with Crippen LogP contribution in [0.2, 0.25) is 0 Å². The molecule has 1 aromatic carbocycles. The van der Waals surface area contributed by atoms with E-state index in [4.69, 9.17) is 5.11 Å². The highest BCUT2D eigenvalue weighted by molar-refractivity contribution is 5.66. The minimum atomic E-state index is -0.664. The molecule has 2 N–H and O–H groups in total. The maximum Gasteiger partial charge on any atom is 0.303 e. The summed E-state index contributed by atoms with van der Waals surface area (Å²) in [6.07, 6.45) is 23.2. The van der Waals surface area contributed by atoms with Crippen molar-refractivity contribution in [3.63, 3.8) is 0 Å². The van der Waals surface area contributed by atoms with Crippen LogP contribution in [0, 0.1) is 0 Å². The van der Waals surface area contributed by atoms with Gasteiger partial charge in [-0.3, -0.25) is 4.79 Å². The molecule has 3 nitrogen and oxygen atoms in total. The van der Waals surface area contributed by atoms with Crippen LogP contribution < -0.4 is 0 Å². The molecule has 1 unspecified atom stereocenters. The van der Waals surface area contributed by atoms with Crippen molar-refractivity contribution in [2.45, 2.75) is 135 Å². The van der Waals surface area contributed by atoms with Crippen LogP contribution in [0.3, 0.4) is 0 Å². The van der Waals surface area contributed by atoms with Crippen molar-refractivity contribution in [3.05, 3.63) is 29.8 Å². The zero-order chi connectivity index (χ0) is 22.6. The Morgan fingerprint density at radius 2 is 1.10 bits per heavy atom. The minimum absolute atomic E-state index is 0.328. The molecule has 0 saturated heterocycles. The van der Waals surface area contributed by atoms with Gasteiger partial charge in [0.1, 0.15) is 5.75 Å². The van der Waals surface area contributed by atoms with E-state index in [9.17, 15) is 9.90 Å². The molecule has 0 saturated carbocycles. The molecule has 1 rings (SSSR count). The van der Waals surface area contributed by atoms with Crippen molar-refractivity contribution in [1.29, 1.82) is 0 Å². The highest BCUT2D eigenvalue weighted by Gasteiger charge is 2.11. The van der Waals surface area contributed by atoms with E-state index < -0.39 is 5.97 Å². The van der Waals surface area contributed by atoms with Crippen molar-refractivity contribution in [1.82, 2.24) is 0 Å². The highest BCUT2D eigenvalue weighted by atomic mass is 16.4. The van der Waals surface area contributed by atoms with Crippen LogP contribution in [0.5, 0.6) is 5.75 Å². The molecule has 0 bridgehead atoms. The lowest BCUT2D eigenvalue weighted by molar-refractivity contribution is -0.137. The molecule has 31 heavy (non-hydrogen) atoms. The third kappa shape index (κ3) is 15.9. The second kappa shape index (κ2) is 19.2. The second-order valence-electron chi connectivity index (χ2n) is 9.31. The van der Waals surface area contributed by atoms with E-state index in [1.165, 1.54) is 108 Å². The van der Waals surface area contributed by atoms with Crippen molar-refractivity contribution in [2.24, 2.45) is 0 Å². The van der Waals surface area contributed by atoms with Gasteiger partial charge < -0.3 is 10.2 Å². The van der Waals surface area contributed by atoms with E-state index in [1.54, 1.807) is 0 Å². The summed E-state index contributed by atoms with van der Waals surface area (Å²) in [5.41, 5.74) is 1.40. The Kier molecular flexibility index (Phi) is 17.0. The van der Waals surface area contributed by atoms with Crippen molar-refractivity contribution >= 4 is 5.97 Å². The fraction of sp³-hybridized carbons (Fsp3) is 0.750. The van der Waals surface area contributed by atoms with Gasteiger partial charge >= 0.3 is 5.97 Å². The number of phenolic OH excluding ortho intramolecular Hbond substituents is 1. The Balaban J connectivity index is 2.04. The van der Waals surface area contributed by atoms with Gasteiger partial charge in [0.2, 0.25) is 0 Å². The van der Waals surface area contributed by atoms with Crippen LogP contribution >= 0.6 is 0 Å². The molecule has 0 spiro atoms. The number of carbonyl (C=O) groups is 1. The van der Waals surface area contributed by atoms with E-state index >= 15 is 0 Å². The maximum atomic E-state index is 10.5. The Bertz CT molecular complexity index is 538. The van der Waals surface area contributed by atoms with E-state index in [0.29, 0.717) is 18.1 Å². The van der Waals surface area contributed by atoms with Gasteiger partial charge in [-0.05, 0) is 42.9 Å². The molecule has 178 valence electrons. The van der Waals surface area contributed by atoms with Gasteiger partial charge in [-0.1, -0.05) is 115 Å². The van der Waals surface area contributed by atoms with Gasteiger partial charge in [-0.25, -0.2) is 0 Å². The first-order valence-electron chi connectivity index (χ1n) is 13.1. The Morgan fingerprint density at radius 1 is 0.677 bits per heavy atom. The average molecular weight is 433 g/mol. The largest absolute Gasteiger partial charge is 0.508 e. The molecule has 0 aliphatic heterocycles. The smallest absolute Gasteiger partial charge is 0.303 e. The SMILES string of the molecule is CCCCCCC(CCCCCCCCCCCCCCC(=O)O)c1ccc(O)cc1. The predicted octanol–water partition coefficient (Wildman–Crippen LogP) is 8.99. The quantitative estimate of drug-likeness (QED) is 0.190. The summed E-state index contributed by atoms with van der Waals surface area (Å²) in [6, 6.07) is 7.91. The number of rotatable bonds is 21. The van der Waals surface area contributed by atoms with Gasteiger partial charge in [-0.2, -0.15) is 0 Å². The number of hydrogen-bond donors (Lipinski definition) is 2. The molecule has 3 heteroatoms. The van der Waals surface area contributed by atoms with Crippen molar-refractivity contribution in [3.8, 4) is 5.75 Å². The molecular formula is C28H48O3. The zero-order valence-corrected chi connectivity index (χ0v) is 20.1. The molecule has 0 aliphatic rings. The third-order valence-corrected chi connectivity index (χ3v) is 6.46. The molecule has 0 fully saturated rings. The molecule has 0 aromatic heterocycles. The molecule has 0 radical (unpaired) electrons. The fourth-order valence-corrected chi connectivity index (χ4v) is 4.48. The number of aromatic hydroxyl groups is 1. The predicted molar refractivity (Wildman–Crippen MR) is 132 cm³/mol. The Hall–Kier alpha value is -1.51. The van der Waals surface area contributed by atoms with Gasteiger partial charge in [0, 0.05) is 6.42 Å². The van der Waals surface area contributed by atoms with Crippen LogP contribution in [0.15, 0.2) is 24.3 Å². The minimum Gasteiger partial charge on any atom is -0.508 e. The summed E-state index contributed by atoms with van der Waals surface area (Å²) in [5.74, 6) is 0.350. The summed E-state index contributed by atoms with van der Waals surface area (Å²) in [4.78, 5) is 10.5. The maximum absolute atomic E-state index is 10.5. The first-order valence-corrected chi connectivity index (χ1v) is 13.1. The monoisotopic (exact) mass is 432 g/mol. The van der Waals surface area contributed by atoms with Gasteiger partial charge in [-0.15, -0.1) is 0 Å². The molecule has 1 aromatic rings. The zero-order valence-electron chi connectivity index (χ0n) is 20.1. The summed E-state index contributed by atoms with van der Waals surface area (Å²) < 4.78 is 0. The summed E-state index contributed by atoms with van der Waals surface area (Å²) in [5, 5.41) is 18.2. The third-order valence-electron chi connectivity index (χ3n) is 6.46. The van der Waals surface area contributed by atoms with Crippen LogP contribution in [0.4, 0.5) is 0 Å². The van der Waals surface area contributed by atoms with Crippen molar-refractivity contribution in [2.75, 3.05) is 0 Å². The molecular weight excluding hydrogens is 384 g/mol. The van der Waals surface area contributed by atoms with Crippen LogP contribution in [-0.2, 0) is 4.79 Å². The van der Waals surface area contributed by atoms with Crippen LogP contribution in [-0.4, -0.2) is 16.2 Å². The number of phenols is 1. The summed E-state index contributed by atoms with van der Waals surface area (Å²) in [7, 11) is 0. The molecule has 1 atom stereocenters. The highest BCUT2D eigenvalue weighted by Crippen LogP contribution is 2.29. The van der Waals surface area contributed by atoms with Gasteiger partial charge in [0.05, 0.1) is 0 Å². The van der Waals surface area contributed by atoms with Crippen LogP contribution in [0.1, 0.15) is 140 Å². The summed E-state index contributed by atoms with van der Waals surface area (Å²) >= 11 is 0. The number of carboxylic acids is 1. The first-order chi connectivity index (χ1) is 15.1. The Morgan fingerprint density at radius 3 is 1.55 bits per heavy atom. The number of hydrogen-bond acceptors (Lipinski definition) is 2. The molecule has 0 heterocycles. The van der Waals surface area contributed by atoms with Crippen LogP contribution in [0.25, 0.3) is 0 Å². The normalized spacial score (nSPS) is 12.2. The fourth-order valence-electron chi connectivity index (χ4n) is 4.48. The van der Waals surface area contributed by atoms with Gasteiger partial charge in [0.25, 0.3) is 0 Å². The number of benzene rings is 1. The summed E-state index contributed by atoms with van der Waals surface area (Å²) in [6.45, 7) is 2.27.